The Morgan fingerprint density at radius 1 is 1.36 bits per heavy atom. The molecule has 25 heavy (non-hydrogen) atoms. The Morgan fingerprint density at radius 2 is 2.20 bits per heavy atom. The second kappa shape index (κ2) is 8.12. The van der Waals surface area contributed by atoms with E-state index in [0.29, 0.717) is 13.0 Å². The Labute approximate surface area is 148 Å². The fourth-order valence-corrected chi connectivity index (χ4v) is 3.48. The van der Waals surface area contributed by atoms with Gasteiger partial charge in [-0.2, -0.15) is 0 Å². The highest BCUT2D eigenvalue weighted by atomic mass is 16.3. The van der Waals surface area contributed by atoms with E-state index in [9.17, 15) is 9.90 Å². The highest BCUT2D eigenvalue weighted by Gasteiger charge is 2.31. The topological polar surface area (TPSA) is 65.5 Å². The lowest BCUT2D eigenvalue weighted by Gasteiger charge is -2.31. The number of urea groups is 1. The van der Waals surface area contributed by atoms with Crippen LogP contribution in [0.4, 0.5) is 4.79 Å². The van der Waals surface area contributed by atoms with Gasteiger partial charge in [0.2, 0.25) is 0 Å². The highest BCUT2D eigenvalue weighted by Crippen LogP contribution is 2.35. The van der Waals surface area contributed by atoms with Crippen molar-refractivity contribution in [3.05, 3.63) is 65.5 Å². The molecule has 1 aliphatic carbocycles. The number of benzene rings is 1. The van der Waals surface area contributed by atoms with Crippen molar-refractivity contribution in [1.82, 2.24) is 15.2 Å². The Hall–Kier alpha value is -2.40. The zero-order chi connectivity index (χ0) is 17.6. The number of aliphatic hydroxyl groups excluding tert-OH is 1. The van der Waals surface area contributed by atoms with E-state index in [1.165, 1.54) is 11.1 Å². The van der Waals surface area contributed by atoms with Crippen LogP contribution in [0.5, 0.6) is 0 Å². The Kier molecular flexibility index (Phi) is 5.66. The molecule has 0 fully saturated rings. The number of aliphatic hydroxyl groups is 1. The van der Waals surface area contributed by atoms with Gasteiger partial charge in [0.1, 0.15) is 0 Å². The molecule has 1 aliphatic rings. The van der Waals surface area contributed by atoms with Crippen molar-refractivity contribution in [2.24, 2.45) is 0 Å². The summed E-state index contributed by atoms with van der Waals surface area (Å²) in [5.41, 5.74) is 3.52. The summed E-state index contributed by atoms with van der Waals surface area (Å²) in [5.74, 6) is 0. The number of pyridine rings is 1. The maximum Gasteiger partial charge on any atom is 0.318 e. The number of amides is 2. The fourth-order valence-electron chi connectivity index (χ4n) is 3.48. The minimum Gasteiger partial charge on any atom is -0.396 e. The number of nitrogens with one attached hydrogen (secondary N) is 1. The van der Waals surface area contributed by atoms with E-state index in [2.05, 4.69) is 22.4 Å². The lowest BCUT2D eigenvalue weighted by Crippen LogP contribution is -2.43. The van der Waals surface area contributed by atoms with Gasteiger partial charge in [0.05, 0.1) is 12.1 Å². The van der Waals surface area contributed by atoms with Crippen molar-refractivity contribution in [2.45, 2.75) is 38.3 Å². The first-order chi connectivity index (χ1) is 12.2. The zero-order valence-electron chi connectivity index (χ0n) is 14.6. The molecule has 0 radical (unpaired) electrons. The summed E-state index contributed by atoms with van der Waals surface area (Å²) in [6.07, 6.45) is 5.99. The molecular weight excluding hydrogens is 314 g/mol. The SMILES string of the molecule is C[C@H](NC(=O)N(CCCO)[C@@H]1CCc2ccccc21)c1cccnc1. The number of aromatic nitrogens is 1. The molecule has 1 aromatic heterocycles. The molecule has 5 heteroatoms. The standard InChI is InChI=1S/C20H25N3O2/c1-15(17-7-4-11-21-14-17)22-20(25)23(12-5-13-24)19-10-9-16-6-2-3-8-18(16)19/h2-4,6-8,11,14-15,19,24H,5,9-10,12-13H2,1H3,(H,22,25)/t15-,19+/m0/s1. The van der Waals surface area contributed by atoms with Crippen molar-refractivity contribution in [3.8, 4) is 0 Å². The molecule has 5 nitrogen and oxygen atoms in total. The molecule has 2 amide bonds. The lowest BCUT2D eigenvalue weighted by molar-refractivity contribution is 0.162. The third kappa shape index (κ3) is 3.99. The van der Waals surface area contributed by atoms with Crippen LogP contribution in [0.25, 0.3) is 0 Å². The monoisotopic (exact) mass is 339 g/mol. The van der Waals surface area contributed by atoms with E-state index in [4.69, 9.17) is 0 Å². The fraction of sp³-hybridized carbons (Fsp3) is 0.400. The smallest absolute Gasteiger partial charge is 0.318 e. The van der Waals surface area contributed by atoms with Crippen molar-refractivity contribution in [3.63, 3.8) is 0 Å². The molecule has 0 saturated heterocycles. The van der Waals surface area contributed by atoms with Crippen LogP contribution in [0.3, 0.4) is 0 Å². The first-order valence-corrected chi connectivity index (χ1v) is 8.86. The molecule has 2 N–H and O–H groups in total. The van der Waals surface area contributed by atoms with Crippen LogP contribution in [-0.4, -0.2) is 34.2 Å². The second-order valence-corrected chi connectivity index (χ2v) is 6.48. The Morgan fingerprint density at radius 3 is 2.96 bits per heavy atom. The average Bonchev–Trinajstić information content (AvgIpc) is 3.07. The van der Waals surface area contributed by atoms with Gasteiger partial charge < -0.3 is 15.3 Å². The normalized spacial score (nSPS) is 17.0. The molecule has 1 aromatic carbocycles. The Bertz CT molecular complexity index is 705. The van der Waals surface area contributed by atoms with Crippen molar-refractivity contribution in [2.75, 3.05) is 13.2 Å². The third-order valence-corrected chi connectivity index (χ3v) is 4.82. The van der Waals surface area contributed by atoms with Crippen molar-refractivity contribution < 1.29 is 9.90 Å². The minimum atomic E-state index is -0.116. The molecule has 2 atom stereocenters. The molecule has 132 valence electrons. The van der Waals surface area contributed by atoms with E-state index >= 15 is 0 Å². The van der Waals surface area contributed by atoms with E-state index in [-0.39, 0.29) is 24.7 Å². The molecule has 0 bridgehead atoms. The van der Waals surface area contributed by atoms with Crippen LogP contribution in [0.1, 0.15) is 48.5 Å². The second-order valence-electron chi connectivity index (χ2n) is 6.48. The summed E-state index contributed by atoms with van der Waals surface area (Å²) in [5, 5.41) is 12.3. The summed E-state index contributed by atoms with van der Waals surface area (Å²) in [4.78, 5) is 18.9. The van der Waals surface area contributed by atoms with Gasteiger partial charge in [-0.3, -0.25) is 4.98 Å². The maximum atomic E-state index is 12.9. The molecule has 2 aromatic rings. The number of fused-ring (bicyclic) bond motifs is 1. The molecule has 1 heterocycles. The molecule has 0 unspecified atom stereocenters. The van der Waals surface area contributed by atoms with E-state index in [0.717, 1.165) is 18.4 Å². The molecule has 0 saturated carbocycles. The maximum absolute atomic E-state index is 12.9. The van der Waals surface area contributed by atoms with Gasteiger partial charge >= 0.3 is 6.03 Å². The first-order valence-electron chi connectivity index (χ1n) is 8.86. The van der Waals surface area contributed by atoms with Crippen LogP contribution >= 0.6 is 0 Å². The van der Waals surface area contributed by atoms with E-state index in [1.807, 2.05) is 36.1 Å². The van der Waals surface area contributed by atoms with Crippen LogP contribution < -0.4 is 5.32 Å². The van der Waals surface area contributed by atoms with Gasteiger partial charge in [-0.25, -0.2) is 4.79 Å². The third-order valence-electron chi connectivity index (χ3n) is 4.82. The number of hydrogen-bond acceptors (Lipinski definition) is 3. The zero-order valence-corrected chi connectivity index (χ0v) is 14.6. The van der Waals surface area contributed by atoms with E-state index < -0.39 is 0 Å². The number of aryl methyl sites for hydroxylation is 1. The van der Waals surface area contributed by atoms with Gasteiger partial charge in [-0.05, 0) is 48.9 Å². The number of rotatable bonds is 6. The van der Waals surface area contributed by atoms with Gasteiger partial charge in [0.15, 0.2) is 0 Å². The van der Waals surface area contributed by atoms with Crippen LogP contribution in [0.15, 0.2) is 48.8 Å². The quantitative estimate of drug-likeness (QED) is 0.849. The summed E-state index contributed by atoms with van der Waals surface area (Å²) in [7, 11) is 0. The van der Waals surface area contributed by atoms with Gasteiger partial charge in [0.25, 0.3) is 0 Å². The lowest BCUT2D eigenvalue weighted by atomic mass is 10.1. The van der Waals surface area contributed by atoms with Crippen molar-refractivity contribution in [1.29, 1.82) is 0 Å². The van der Waals surface area contributed by atoms with Gasteiger partial charge in [-0.15, -0.1) is 0 Å². The van der Waals surface area contributed by atoms with Gasteiger partial charge in [-0.1, -0.05) is 30.3 Å². The molecule has 3 rings (SSSR count). The summed E-state index contributed by atoms with van der Waals surface area (Å²) < 4.78 is 0. The number of carbonyl (C=O) groups excluding carboxylic acids is 1. The first kappa shape index (κ1) is 17.4. The van der Waals surface area contributed by atoms with E-state index in [1.54, 1.807) is 12.4 Å². The van der Waals surface area contributed by atoms with Crippen molar-refractivity contribution >= 4 is 6.03 Å². The predicted molar refractivity (Wildman–Crippen MR) is 97.1 cm³/mol. The number of carbonyl (C=O) groups is 1. The molecule has 0 aliphatic heterocycles. The number of nitrogens with zero attached hydrogens (tertiary/aromatic N) is 2. The predicted octanol–water partition coefficient (Wildman–Crippen LogP) is 3.22. The molecular formula is C20H25N3O2. The highest BCUT2D eigenvalue weighted by molar-refractivity contribution is 5.75. The van der Waals surface area contributed by atoms with Crippen LogP contribution in [0, 0.1) is 0 Å². The van der Waals surface area contributed by atoms with Crippen LogP contribution in [0.2, 0.25) is 0 Å². The Balaban J connectivity index is 1.75. The summed E-state index contributed by atoms with van der Waals surface area (Å²) in [6.45, 7) is 2.58. The molecule has 0 spiro atoms. The summed E-state index contributed by atoms with van der Waals surface area (Å²) >= 11 is 0. The van der Waals surface area contributed by atoms with Crippen LogP contribution in [-0.2, 0) is 6.42 Å². The minimum absolute atomic E-state index is 0.0730. The average molecular weight is 339 g/mol. The number of hydrogen-bond donors (Lipinski definition) is 2. The van der Waals surface area contributed by atoms with Gasteiger partial charge in [0, 0.05) is 25.5 Å². The largest absolute Gasteiger partial charge is 0.396 e. The summed E-state index contributed by atoms with van der Waals surface area (Å²) in [6, 6.07) is 12.0.